The number of carbonyl (C=O) groups is 1. The van der Waals surface area contributed by atoms with Crippen LogP contribution in [0.3, 0.4) is 0 Å². The molecule has 0 spiro atoms. The zero-order chi connectivity index (χ0) is 16.7. The lowest BCUT2D eigenvalue weighted by Gasteiger charge is -2.31. The number of amides is 1. The van der Waals surface area contributed by atoms with Gasteiger partial charge < -0.3 is 19.1 Å². The van der Waals surface area contributed by atoms with Gasteiger partial charge in [0.05, 0.1) is 6.20 Å². The number of nitrogens with zero attached hydrogens (tertiary/aromatic N) is 3. The summed E-state index contributed by atoms with van der Waals surface area (Å²) in [5.41, 5.74) is -0.794. The molecule has 0 aliphatic carbocycles. The number of carbonyl (C=O) groups excluding carboxylic acids is 1. The highest BCUT2D eigenvalue weighted by Gasteiger charge is 2.28. The van der Waals surface area contributed by atoms with Crippen molar-refractivity contribution in [3.8, 4) is 11.6 Å². The van der Waals surface area contributed by atoms with Gasteiger partial charge in [-0.05, 0) is 33.1 Å². The van der Waals surface area contributed by atoms with Crippen molar-refractivity contribution < 1.29 is 19.0 Å². The van der Waals surface area contributed by atoms with Gasteiger partial charge in [-0.1, -0.05) is 11.6 Å². The maximum atomic E-state index is 12.2. The highest BCUT2D eigenvalue weighted by molar-refractivity contribution is 6.17. The van der Waals surface area contributed by atoms with E-state index in [1.807, 2.05) is 0 Å². The van der Waals surface area contributed by atoms with E-state index in [0.29, 0.717) is 5.75 Å². The van der Waals surface area contributed by atoms with Crippen LogP contribution in [0.1, 0.15) is 33.1 Å². The summed E-state index contributed by atoms with van der Waals surface area (Å²) >= 11 is 5.54. The van der Waals surface area contributed by atoms with Crippen LogP contribution in [0.25, 0.3) is 0 Å². The highest BCUT2D eigenvalue weighted by Crippen LogP contribution is 2.24. The molecule has 1 aromatic heterocycles. The highest BCUT2D eigenvalue weighted by atomic mass is 35.5. The number of hydrogen-bond donors (Lipinski definition) is 0. The molecule has 1 aliphatic rings. The lowest BCUT2D eigenvalue weighted by atomic mass is 10.1. The number of alkyl halides is 1. The largest absolute Gasteiger partial charge is 0.471 e. The predicted octanol–water partition coefficient (Wildman–Crippen LogP) is 2.83. The number of rotatable bonds is 6. The molecular formula is C15H22ClN3O4. The summed E-state index contributed by atoms with van der Waals surface area (Å²) < 4.78 is 16.3. The van der Waals surface area contributed by atoms with E-state index in [1.54, 1.807) is 18.7 Å². The summed E-state index contributed by atoms with van der Waals surface area (Å²) in [5, 5.41) is 0. The van der Waals surface area contributed by atoms with Crippen molar-refractivity contribution in [3.05, 3.63) is 12.5 Å². The SMILES string of the molecule is CC(C)(COc1ncncc1OCCl)OC(=O)N1CCCCC1. The van der Waals surface area contributed by atoms with E-state index in [2.05, 4.69) is 9.97 Å². The molecule has 2 rings (SSSR count). The molecule has 8 heteroatoms. The van der Waals surface area contributed by atoms with E-state index in [-0.39, 0.29) is 24.6 Å². The standard InChI is InChI=1S/C15H22ClN3O4/c1-15(2,23-14(20)19-6-4-3-5-7-19)9-21-13-12(22-10-16)8-17-11-18-13/h8,11H,3-7,9-10H2,1-2H3. The van der Waals surface area contributed by atoms with Crippen LogP contribution in [0.4, 0.5) is 4.79 Å². The molecule has 0 atom stereocenters. The zero-order valence-corrected chi connectivity index (χ0v) is 14.2. The topological polar surface area (TPSA) is 73.8 Å². The molecule has 0 N–H and O–H groups in total. The first-order valence-electron chi connectivity index (χ1n) is 7.61. The minimum atomic E-state index is -0.794. The molecular weight excluding hydrogens is 322 g/mol. The molecule has 1 amide bonds. The molecule has 1 aliphatic heterocycles. The van der Waals surface area contributed by atoms with Crippen LogP contribution < -0.4 is 9.47 Å². The number of piperidine rings is 1. The van der Waals surface area contributed by atoms with E-state index in [1.165, 1.54) is 12.5 Å². The Morgan fingerprint density at radius 3 is 2.74 bits per heavy atom. The molecule has 7 nitrogen and oxygen atoms in total. The van der Waals surface area contributed by atoms with Gasteiger partial charge >= 0.3 is 6.09 Å². The van der Waals surface area contributed by atoms with Crippen molar-refractivity contribution in [3.63, 3.8) is 0 Å². The Balaban J connectivity index is 1.89. The molecule has 1 saturated heterocycles. The Labute approximate surface area is 140 Å². The second kappa shape index (κ2) is 8.19. The van der Waals surface area contributed by atoms with Gasteiger partial charge in [-0.2, -0.15) is 4.98 Å². The van der Waals surface area contributed by atoms with Crippen molar-refractivity contribution >= 4 is 17.7 Å². The smallest absolute Gasteiger partial charge is 0.410 e. The third-order valence-corrected chi connectivity index (χ3v) is 3.50. The number of hydrogen-bond acceptors (Lipinski definition) is 6. The Morgan fingerprint density at radius 2 is 2.04 bits per heavy atom. The molecule has 1 aromatic rings. The first-order chi connectivity index (χ1) is 11.0. The lowest BCUT2D eigenvalue weighted by Crippen LogP contribution is -2.43. The molecule has 2 heterocycles. The minimum absolute atomic E-state index is 0.0307. The molecule has 0 unspecified atom stereocenters. The van der Waals surface area contributed by atoms with E-state index < -0.39 is 5.60 Å². The van der Waals surface area contributed by atoms with Crippen LogP contribution >= 0.6 is 11.6 Å². The number of likely N-dealkylation sites (tertiary alicyclic amines) is 1. The van der Waals surface area contributed by atoms with E-state index >= 15 is 0 Å². The second-order valence-corrected chi connectivity index (χ2v) is 6.13. The number of ether oxygens (including phenoxy) is 3. The van der Waals surface area contributed by atoms with Crippen LogP contribution in [0.5, 0.6) is 11.6 Å². The fourth-order valence-corrected chi connectivity index (χ4v) is 2.34. The third kappa shape index (κ3) is 5.42. The van der Waals surface area contributed by atoms with E-state index in [9.17, 15) is 4.79 Å². The maximum Gasteiger partial charge on any atom is 0.410 e. The molecule has 0 aromatic carbocycles. The normalized spacial score (nSPS) is 15.2. The number of aromatic nitrogens is 2. The van der Waals surface area contributed by atoms with Gasteiger partial charge in [0, 0.05) is 13.1 Å². The van der Waals surface area contributed by atoms with Crippen molar-refractivity contribution in [2.45, 2.75) is 38.7 Å². The quantitative estimate of drug-likeness (QED) is 0.739. The van der Waals surface area contributed by atoms with E-state index in [4.69, 9.17) is 25.8 Å². The van der Waals surface area contributed by atoms with Crippen LogP contribution in [0.2, 0.25) is 0 Å². The molecule has 1 fully saturated rings. The Hall–Kier alpha value is -1.76. The fourth-order valence-electron chi connectivity index (χ4n) is 2.22. The molecule has 23 heavy (non-hydrogen) atoms. The summed E-state index contributed by atoms with van der Waals surface area (Å²) in [6, 6.07) is -0.0307. The maximum absolute atomic E-state index is 12.2. The molecule has 0 bridgehead atoms. The first-order valence-corrected chi connectivity index (χ1v) is 8.15. The summed E-state index contributed by atoms with van der Waals surface area (Å²) in [4.78, 5) is 21.8. The fraction of sp³-hybridized carbons (Fsp3) is 0.667. The van der Waals surface area contributed by atoms with Gasteiger partial charge in [-0.25, -0.2) is 9.78 Å². The summed E-state index contributed by atoms with van der Waals surface area (Å²) in [6.45, 7) is 5.21. The zero-order valence-electron chi connectivity index (χ0n) is 13.5. The Morgan fingerprint density at radius 1 is 1.30 bits per heavy atom. The molecule has 0 radical (unpaired) electrons. The monoisotopic (exact) mass is 343 g/mol. The van der Waals surface area contributed by atoms with E-state index in [0.717, 1.165) is 32.4 Å². The summed E-state index contributed by atoms with van der Waals surface area (Å²) in [7, 11) is 0. The Bertz CT molecular complexity index is 521. The minimum Gasteiger partial charge on any atom is -0.471 e. The average Bonchev–Trinajstić information content (AvgIpc) is 2.55. The average molecular weight is 344 g/mol. The van der Waals surface area contributed by atoms with Gasteiger partial charge in [-0.15, -0.1) is 0 Å². The van der Waals surface area contributed by atoms with Crippen LogP contribution in [0, 0.1) is 0 Å². The van der Waals surface area contributed by atoms with Crippen LogP contribution in [0.15, 0.2) is 12.5 Å². The van der Waals surface area contributed by atoms with Gasteiger partial charge in [0.2, 0.25) is 5.75 Å². The summed E-state index contributed by atoms with van der Waals surface area (Å²) in [5.74, 6) is 0.614. The third-order valence-electron chi connectivity index (χ3n) is 3.39. The number of halogens is 1. The van der Waals surface area contributed by atoms with Gasteiger partial charge in [0.1, 0.15) is 18.5 Å². The second-order valence-electron chi connectivity index (χ2n) is 5.91. The Kier molecular flexibility index (Phi) is 6.27. The summed E-state index contributed by atoms with van der Waals surface area (Å²) in [6.07, 6.45) is 5.71. The van der Waals surface area contributed by atoms with Crippen molar-refractivity contribution in [2.75, 3.05) is 25.8 Å². The van der Waals surface area contributed by atoms with Crippen LogP contribution in [-0.4, -0.2) is 52.3 Å². The molecule has 128 valence electrons. The molecule has 0 saturated carbocycles. The van der Waals surface area contributed by atoms with Gasteiger partial charge in [0.25, 0.3) is 5.88 Å². The van der Waals surface area contributed by atoms with Crippen molar-refractivity contribution in [2.24, 2.45) is 0 Å². The van der Waals surface area contributed by atoms with Crippen LogP contribution in [-0.2, 0) is 4.74 Å². The first kappa shape index (κ1) is 17.6. The van der Waals surface area contributed by atoms with Gasteiger partial charge in [0.15, 0.2) is 6.07 Å². The van der Waals surface area contributed by atoms with Crippen molar-refractivity contribution in [1.82, 2.24) is 14.9 Å². The lowest BCUT2D eigenvalue weighted by molar-refractivity contribution is -0.0176. The predicted molar refractivity (Wildman–Crippen MR) is 84.9 cm³/mol. The van der Waals surface area contributed by atoms with Gasteiger partial charge in [-0.3, -0.25) is 0 Å². The van der Waals surface area contributed by atoms with Crippen molar-refractivity contribution in [1.29, 1.82) is 0 Å².